The molecule has 1 aliphatic carbocycles. The number of carbonyl (C=O) groups is 2. The van der Waals surface area contributed by atoms with Gasteiger partial charge >= 0.3 is 0 Å². The molecule has 0 unspecified atom stereocenters. The molecule has 1 N–H and O–H groups in total. The van der Waals surface area contributed by atoms with Gasteiger partial charge in [-0.25, -0.2) is 4.68 Å². The number of carbonyl (C=O) groups excluding carboxylic acids is 2. The molecule has 1 saturated heterocycles. The van der Waals surface area contributed by atoms with Crippen LogP contribution in [0, 0.1) is 5.92 Å². The average Bonchev–Trinajstić information content (AvgIpc) is 3.26. The van der Waals surface area contributed by atoms with Gasteiger partial charge in [0, 0.05) is 31.3 Å². The number of fused-ring (bicyclic) bond motifs is 1. The minimum absolute atomic E-state index is 0.0341. The Labute approximate surface area is 158 Å². The first kappa shape index (κ1) is 17.6. The monoisotopic (exact) mass is 368 g/mol. The van der Waals surface area contributed by atoms with Gasteiger partial charge in [-0.15, -0.1) is 0 Å². The number of ether oxygens (including phenoxy) is 1. The maximum atomic E-state index is 12.6. The first-order chi connectivity index (χ1) is 13.1. The minimum Gasteiger partial charge on any atom is -0.497 e. The standard InChI is InChI=1S/C20H24N4O3/c1-23-12-13(10-19(23)25)20(26)22-17-4-3-5-18-16(17)11-21-24(18)14-6-8-15(27-2)9-7-14/h6-9,11,13,17H,3-5,10,12H2,1-2H3,(H,22,26)/t13-,17-/m1/s1. The summed E-state index contributed by atoms with van der Waals surface area (Å²) in [5.41, 5.74) is 3.19. The van der Waals surface area contributed by atoms with E-state index in [0.717, 1.165) is 42.0 Å². The second kappa shape index (κ2) is 7.06. The molecule has 0 bridgehead atoms. The zero-order valence-corrected chi connectivity index (χ0v) is 15.6. The van der Waals surface area contributed by atoms with E-state index in [4.69, 9.17) is 4.74 Å². The first-order valence-electron chi connectivity index (χ1n) is 9.32. The highest BCUT2D eigenvalue weighted by Crippen LogP contribution is 2.32. The molecule has 2 heterocycles. The van der Waals surface area contributed by atoms with Crippen LogP contribution in [-0.2, 0) is 16.0 Å². The lowest BCUT2D eigenvalue weighted by Gasteiger charge is -2.25. The van der Waals surface area contributed by atoms with Crippen molar-refractivity contribution in [2.75, 3.05) is 20.7 Å². The van der Waals surface area contributed by atoms with E-state index < -0.39 is 0 Å². The summed E-state index contributed by atoms with van der Waals surface area (Å²) in [7, 11) is 3.39. The molecule has 2 atom stereocenters. The highest BCUT2D eigenvalue weighted by molar-refractivity contribution is 5.89. The second-order valence-corrected chi connectivity index (χ2v) is 7.29. The number of amides is 2. The Morgan fingerprint density at radius 3 is 2.74 bits per heavy atom. The minimum atomic E-state index is -0.260. The Morgan fingerprint density at radius 1 is 1.30 bits per heavy atom. The lowest BCUT2D eigenvalue weighted by molar-refractivity contribution is -0.128. The maximum absolute atomic E-state index is 12.6. The van der Waals surface area contributed by atoms with E-state index in [1.54, 1.807) is 19.1 Å². The fourth-order valence-electron chi connectivity index (χ4n) is 3.98. The molecule has 1 aromatic heterocycles. The number of nitrogens with zero attached hydrogens (tertiary/aromatic N) is 3. The zero-order valence-electron chi connectivity index (χ0n) is 15.6. The van der Waals surface area contributed by atoms with Crippen molar-refractivity contribution in [3.63, 3.8) is 0 Å². The predicted octanol–water partition coefficient (Wildman–Crippen LogP) is 1.85. The molecule has 1 aromatic carbocycles. The van der Waals surface area contributed by atoms with Gasteiger partial charge in [0.15, 0.2) is 0 Å². The third kappa shape index (κ3) is 3.29. The lowest BCUT2D eigenvalue weighted by atomic mass is 9.92. The number of likely N-dealkylation sites (tertiary alicyclic amines) is 1. The van der Waals surface area contributed by atoms with E-state index in [9.17, 15) is 9.59 Å². The largest absolute Gasteiger partial charge is 0.497 e. The summed E-state index contributed by atoms with van der Waals surface area (Å²) in [6, 6.07) is 7.75. The van der Waals surface area contributed by atoms with Crippen LogP contribution in [0.3, 0.4) is 0 Å². The van der Waals surface area contributed by atoms with Crippen molar-refractivity contribution in [2.24, 2.45) is 5.92 Å². The summed E-state index contributed by atoms with van der Waals surface area (Å²) in [6.45, 7) is 0.495. The van der Waals surface area contributed by atoms with Gasteiger partial charge in [0.25, 0.3) is 0 Å². The van der Waals surface area contributed by atoms with Gasteiger partial charge in [0.1, 0.15) is 5.75 Å². The van der Waals surface area contributed by atoms with Crippen LogP contribution in [0.15, 0.2) is 30.5 Å². The smallest absolute Gasteiger partial charge is 0.225 e. The van der Waals surface area contributed by atoms with Crippen LogP contribution >= 0.6 is 0 Å². The summed E-state index contributed by atoms with van der Waals surface area (Å²) < 4.78 is 7.16. The van der Waals surface area contributed by atoms with Crippen molar-refractivity contribution in [3.05, 3.63) is 41.7 Å². The zero-order chi connectivity index (χ0) is 19.0. The van der Waals surface area contributed by atoms with E-state index in [0.29, 0.717) is 13.0 Å². The van der Waals surface area contributed by atoms with E-state index in [-0.39, 0.29) is 23.8 Å². The molecular weight excluding hydrogens is 344 g/mol. The fourth-order valence-corrected chi connectivity index (χ4v) is 3.98. The van der Waals surface area contributed by atoms with Crippen LogP contribution in [0.1, 0.15) is 36.6 Å². The third-order valence-corrected chi connectivity index (χ3v) is 5.53. The Bertz CT molecular complexity index is 859. The number of rotatable bonds is 4. The molecule has 142 valence electrons. The maximum Gasteiger partial charge on any atom is 0.225 e. The van der Waals surface area contributed by atoms with Crippen LogP contribution in [0.2, 0.25) is 0 Å². The van der Waals surface area contributed by atoms with Gasteiger partial charge < -0.3 is 15.0 Å². The lowest BCUT2D eigenvalue weighted by Crippen LogP contribution is -2.36. The van der Waals surface area contributed by atoms with Gasteiger partial charge in [-0.2, -0.15) is 5.10 Å². The molecule has 0 saturated carbocycles. The van der Waals surface area contributed by atoms with Gasteiger partial charge in [-0.1, -0.05) is 0 Å². The van der Waals surface area contributed by atoms with Crippen LogP contribution in [0.5, 0.6) is 5.75 Å². The third-order valence-electron chi connectivity index (χ3n) is 5.53. The van der Waals surface area contributed by atoms with Gasteiger partial charge in [0.05, 0.1) is 31.0 Å². The number of hydrogen-bond donors (Lipinski definition) is 1. The second-order valence-electron chi connectivity index (χ2n) is 7.29. The Balaban J connectivity index is 1.53. The van der Waals surface area contributed by atoms with Crippen LogP contribution < -0.4 is 10.1 Å². The van der Waals surface area contributed by atoms with Crippen molar-refractivity contribution in [1.29, 1.82) is 0 Å². The number of benzene rings is 1. The number of nitrogens with one attached hydrogen (secondary N) is 1. The van der Waals surface area contributed by atoms with Crippen LogP contribution in [0.4, 0.5) is 0 Å². The number of hydrogen-bond acceptors (Lipinski definition) is 4. The van der Waals surface area contributed by atoms with Gasteiger partial charge in [-0.05, 0) is 43.5 Å². The van der Waals surface area contributed by atoms with E-state index >= 15 is 0 Å². The summed E-state index contributed by atoms with van der Waals surface area (Å²) >= 11 is 0. The molecule has 7 heteroatoms. The Morgan fingerprint density at radius 2 is 2.07 bits per heavy atom. The molecule has 1 aliphatic heterocycles. The molecule has 2 aliphatic rings. The quantitative estimate of drug-likeness (QED) is 0.894. The number of aromatic nitrogens is 2. The van der Waals surface area contributed by atoms with Crippen LogP contribution in [-0.4, -0.2) is 47.2 Å². The molecule has 2 aromatic rings. The normalized spacial score (nSPS) is 21.9. The first-order valence-corrected chi connectivity index (χ1v) is 9.32. The van der Waals surface area contributed by atoms with E-state index in [1.807, 2.05) is 35.1 Å². The van der Waals surface area contributed by atoms with Crippen molar-refractivity contribution < 1.29 is 14.3 Å². The predicted molar refractivity (Wildman–Crippen MR) is 99.7 cm³/mol. The van der Waals surface area contributed by atoms with E-state index in [2.05, 4.69) is 10.4 Å². The average molecular weight is 368 g/mol. The van der Waals surface area contributed by atoms with Gasteiger partial charge in [0.2, 0.25) is 11.8 Å². The van der Waals surface area contributed by atoms with Crippen molar-refractivity contribution in [1.82, 2.24) is 20.0 Å². The van der Waals surface area contributed by atoms with Crippen molar-refractivity contribution in [3.8, 4) is 11.4 Å². The molecule has 1 fully saturated rings. The molecule has 0 radical (unpaired) electrons. The topological polar surface area (TPSA) is 76.5 Å². The van der Waals surface area contributed by atoms with Crippen molar-refractivity contribution >= 4 is 11.8 Å². The van der Waals surface area contributed by atoms with Gasteiger partial charge in [-0.3, -0.25) is 9.59 Å². The van der Waals surface area contributed by atoms with E-state index in [1.165, 1.54) is 0 Å². The number of methoxy groups -OCH3 is 1. The Hall–Kier alpha value is -2.83. The highest BCUT2D eigenvalue weighted by atomic mass is 16.5. The summed E-state index contributed by atoms with van der Waals surface area (Å²) in [5.74, 6) is 0.542. The van der Waals surface area contributed by atoms with Crippen LogP contribution in [0.25, 0.3) is 5.69 Å². The molecule has 7 nitrogen and oxygen atoms in total. The molecular formula is C20H24N4O3. The summed E-state index contributed by atoms with van der Waals surface area (Å²) in [6.07, 6.45) is 4.97. The summed E-state index contributed by atoms with van der Waals surface area (Å²) in [5, 5.41) is 7.71. The Kier molecular flexibility index (Phi) is 4.59. The van der Waals surface area contributed by atoms with Crippen molar-refractivity contribution in [2.45, 2.75) is 31.7 Å². The highest BCUT2D eigenvalue weighted by Gasteiger charge is 2.34. The molecule has 2 amide bonds. The fraction of sp³-hybridized carbons (Fsp3) is 0.450. The summed E-state index contributed by atoms with van der Waals surface area (Å²) in [4.78, 5) is 26.0. The SMILES string of the molecule is COc1ccc(-n2ncc3c2CCC[C@H]3NC(=O)[C@@H]2CC(=O)N(C)C2)cc1. The molecule has 4 rings (SSSR count). The molecule has 27 heavy (non-hydrogen) atoms. The molecule has 0 spiro atoms.